The van der Waals surface area contributed by atoms with E-state index < -0.39 is 11.4 Å². The molecule has 0 heterocycles. The van der Waals surface area contributed by atoms with Gasteiger partial charge in [-0.15, -0.1) is 0 Å². The maximum atomic E-state index is 11.2. The molecule has 1 saturated carbocycles. The first-order chi connectivity index (χ1) is 8.58. The summed E-state index contributed by atoms with van der Waals surface area (Å²) in [4.78, 5) is 11.2. The summed E-state index contributed by atoms with van der Waals surface area (Å²) in [6.45, 7) is 2.45. The molecular formula is C12H24N2O4. The number of ether oxygens (including phenoxy) is 3. The molecule has 1 amide bonds. The summed E-state index contributed by atoms with van der Waals surface area (Å²) in [6.07, 6.45) is 2.79. The first kappa shape index (κ1) is 15.4. The van der Waals surface area contributed by atoms with E-state index in [0.29, 0.717) is 39.3 Å². The highest BCUT2D eigenvalue weighted by molar-refractivity contribution is 5.84. The average molecular weight is 260 g/mol. The molecular weight excluding hydrogens is 236 g/mol. The summed E-state index contributed by atoms with van der Waals surface area (Å²) >= 11 is 0. The Labute approximate surface area is 108 Å². The van der Waals surface area contributed by atoms with Gasteiger partial charge in [-0.2, -0.15) is 0 Å². The van der Waals surface area contributed by atoms with Gasteiger partial charge in [0.05, 0.1) is 24.9 Å². The van der Waals surface area contributed by atoms with E-state index in [0.717, 1.165) is 12.8 Å². The second kappa shape index (κ2) is 7.68. The Hall–Kier alpha value is -0.690. The van der Waals surface area contributed by atoms with Crippen molar-refractivity contribution in [1.82, 2.24) is 0 Å². The Morgan fingerprint density at radius 3 is 2.72 bits per heavy atom. The van der Waals surface area contributed by atoms with Gasteiger partial charge in [-0.3, -0.25) is 4.79 Å². The number of primary amides is 1. The third-order valence-electron chi connectivity index (χ3n) is 3.21. The van der Waals surface area contributed by atoms with Crippen molar-refractivity contribution in [3.63, 3.8) is 0 Å². The minimum absolute atomic E-state index is 0.0186. The van der Waals surface area contributed by atoms with E-state index in [1.165, 1.54) is 0 Å². The van der Waals surface area contributed by atoms with Crippen molar-refractivity contribution in [3.05, 3.63) is 0 Å². The largest absolute Gasteiger partial charge is 0.385 e. The van der Waals surface area contributed by atoms with Gasteiger partial charge in [0.15, 0.2) is 0 Å². The third kappa shape index (κ3) is 4.89. The summed E-state index contributed by atoms with van der Waals surface area (Å²) in [6, 6.07) is 0. The highest BCUT2D eigenvalue weighted by atomic mass is 16.5. The van der Waals surface area contributed by atoms with Crippen molar-refractivity contribution < 1.29 is 19.0 Å². The Kier molecular flexibility index (Phi) is 6.56. The van der Waals surface area contributed by atoms with Crippen LogP contribution in [0.3, 0.4) is 0 Å². The molecule has 1 aliphatic carbocycles. The molecule has 1 rings (SSSR count). The number of hydrogen-bond donors (Lipinski definition) is 2. The van der Waals surface area contributed by atoms with Crippen molar-refractivity contribution in [2.45, 2.75) is 37.3 Å². The molecule has 1 aliphatic rings. The highest BCUT2D eigenvalue weighted by Crippen LogP contribution is 2.29. The molecule has 0 radical (unpaired) electrons. The molecule has 2 atom stereocenters. The van der Waals surface area contributed by atoms with Gasteiger partial charge in [0.1, 0.15) is 0 Å². The topological polar surface area (TPSA) is 96.8 Å². The van der Waals surface area contributed by atoms with Gasteiger partial charge in [-0.05, 0) is 19.3 Å². The second-order valence-corrected chi connectivity index (χ2v) is 4.71. The van der Waals surface area contributed by atoms with E-state index in [4.69, 9.17) is 25.7 Å². The van der Waals surface area contributed by atoms with Crippen LogP contribution in [0.2, 0.25) is 0 Å². The zero-order valence-electron chi connectivity index (χ0n) is 11.0. The van der Waals surface area contributed by atoms with Crippen LogP contribution in [0.4, 0.5) is 0 Å². The Morgan fingerprint density at radius 2 is 2.11 bits per heavy atom. The third-order valence-corrected chi connectivity index (χ3v) is 3.21. The lowest BCUT2D eigenvalue weighted by molar-refractivity contribution is -0.123. The van der Waals surface area contributed by atoms with Crippen LogP contribution in [0, 0.1) is 0 Å². The minimum Gasteiger partial charge on any atom is -0.385 e. The van der Waals surface area contributed by atoms with Crippen molar-refractivity contribution in [1.29, 1.82) is 0 Å². The molecule has 0 saturated heterocycles. The number of carbonyl (C=O) groups excluding carboxylic acids is 1. The molecule has 6 heteroatoms. The molecule has 1 fully saturated rings. The zero-order chi connectivity index (χ0) is 13.4. The van der Waals surface area contributed by atoms with Gasteiger partial charge in [-0.25, -0.2) is 0 Å². The van der Waals surface area contributed by atoms with E-state index >= 15 is 0 Å². The fraction of sp³-hybridized carbons (Fsp3) is 0.917. The number of nitrogens with two attached hydrogens (primary N) is 2. The normalized spacial score (nSPS) is 27.6. The van der Waals surface area contributed by atoms with E-state index in [1.54, 1.807) is 7.11 Å². The van der Waals surface area contributed by atoms with Crippen molar-refractivity contribution >= 4 is 5.91 Å². The fourth-order valence-corrected chi connectivity index (χ4v) is 2.08. The zero-order valence-corrected chi connectivity index (χ0v) is 11.0. The van der Waals surface area contributed by atoms with Gasteiger partial charge in [0, 0.05) is 26.7 Å². The fourth-order valence-electron chi connectivity index (χ4n) is 2.08. The SMILES string of the molecule is COCCCOCCOC1CCC(N)(C(N)=O)C1. The van der Waals surface area contributed by atoms with Crippen LogP contribution in [0.25, 0.3) is 0 Å². The molecule has 18 heavy (non-hydrogen) atoms. The molecule has 6 nitrogen and oxygen atoms in total. The Bertz CT molecular complexity index is 262. The predicted octanol–water partition coefficient (Wildman–Crippen LogP) is -0.209. The van der Waals surface area contributed by atoms with Crippen LogP contribution in [-0.4, -0.2) is 51.1 Å². The maximum Gasteiger partial charge on any atom is 0.237 e. The average Bonchev–Trinajstić information content (AvgIpc) is 2.72. The van der Waals surface area contributed by atoms with Crippen molar-refractivity contribution in [2.75, 3.05) is 33.5 Å². The summed E-state index contributed by atoms with van der Waals surface area (Å²) in [7, 11) is 1.67. The molecule has 106 valence electrons. The lowest BCUT2D eigenvalue weighted by Gasteiger charge is -2.19. The van der Waals surface area contributed by atoms with Gasteiger partial charge in [0.2, 0.25) is 5.91 Å². The monoisotopic (exact) mass is 260 g/mol. The molecule has 0 aromatic heterocycles. The van der Waals surface area contributed by atoms with Crippen molar-refractivity contribution in [2.24, 2.45) is 11.5 Å². The van der Waals surface area contributed by atoms with Gasteiger partial charge in [0.25, 0.3) is 0 Å². The van der Waals surface area contributed by atoms with E-state index in [1.807, 2.05) is 0 Å². The number of carbonyl (C=O) groups is 1. The molecule has 0 bridgehead atoms. The summed E-state index contributed by atoms with van der Waals surface area (Å²) < 4.78 is 15.9. The van der Waals surface area contributed by atoms with Crippen LogP contribution in [0.15, 0.2) is 0 Å². The van der Waals surface area contributed by atoms with Gasteiger partial charge >= 0.3 is 0 Å². The van der Waals surface area contributed by atoms with Crippen LogP contribution in [-0.2, 0) is 19.0 Å². The second-order valence-electron chi connectivity index (χ2n) is 4.71. The number of methoxy groups -OCH3 is 1. The van der Waals surface area contributed by atoms with E-state index in [-0.39, 0.29) is 6.10 Å². The standard InChI is InChI=1S/C12H24N2O4/c1-16-5-2-6-17-7-8-18-10-3-4-12(14,9-10)11(13)15/h10H,2-9,14H2,1H3,(H2,13,15). The van der Waals surface area contributed by atoms with Crippen LogP contribution < -0.4 is 11.5 Å². The lowest BCUT2D eigenvalue weighted by Crippen LogP contribution is -2.50. The molecule has 4 N–H and O–H groups in total. The van der Waals surface area contributed by atoms with Crippen LogP contribution in [0.5, 0.6) is 0 Å². The molecule has 0 aliphatic heterocycles. The Morgan fingerprint density at radius 1 is 1.33 bits per heavy atom. The van der Waals surface area contributed by atoms with Crippen molar-refractivity contribution in [3.8, 4) is 0 Å². The molecule has 2 unspecified atom stereocenters. The van der Waals surface area contributed by atoms with Gasteiger partial charge in [-0.1, -0.05) is 0 Å². The van der Waals surface area contributed by atoms with Gasteiger partial charge < -0.3 is 25.7 Å². The number of hydrogen-bond acceptors (Lipinski definition) is 5. The minimum atomic E-state index is -0.885. The Balaban J connectivity index is 2.03. The predicted molar refractivity (Wildman–Crippen MR) is 67.0 cm³/mol. The first-order valence-electron chi connectivity index (χ1n) is 6.35. The van der Waals surface area contributed by atoms with Crippen LogP contribution >= 0.6 is 0 Å². The number of rotatable bonds is 9. The molecule has 0 aromatic rings. The summed E-state index contributed by atoms with van der Waals surface area (Å²) in [5.74, 6) is -0.440. The highest BCUT2D eigenvalue weighted by Gasteiger charge is 2.40. The maximum absolute atomic E-state index is 11.2. The summed E-state index contributed by atoms with van der Waals surface area (Å²) in [5, 5.41) is 0. The lowest BCUT2D eigenvalue weighted by atomic mass is 9.99. The van der Waals surface area contributed by atoms with Crippen LogP contribution in [0.1, 0.15) is 25.7 Å². The molecule has 0 spiro atoms. The smallest absolute Gasteiger partial charge is 0.237 e. The quantitative estimate of drug-likeness (QED) is 0.559. The van der Waals surface area contributed by atoms with E-state index in [2.05, 4.69) is 0 Å². The first-order valence-corrected chi connectivity index (χ1v) is 6.35. The number of amides is 1. The summed E-state index contributed by atoms with van der Waals surface area (Å²) in [5.41, 5.74) is 10.3. The molecule has 0 aromatic carbocycles. The van der Waals surface area contributed by atoms with E-state index in [9.17, 15) is 4.79 Å².